The van der Waals surface area contributed by atoms with Crippen molar-refractivity contribution in [3.05, 3.63) is 35.5 Å². The number of nitrogens with zero attached hydrogens (tertiary/aromatic N) is 2. The summed E-state index contributed by atoms with van der Waals surface area (Å²) < 4.78 is 10.8. The summed E-state index contributed by atoms with van der Waals surface area (Å²) in [5.41, 5.74) is 1.69. The third-order valence-corrected chi connectivity index (χ3v) is 4.32. The van der Waals surface area contributed by atoms with Crippen molar-refractivity contribution in [1.82, 2.24) is 9.88 Å². The number of carboxylic acid groups (broad SMARTS) is 1. The average Bonchev–Trinajstić information content (AvgIpc) is 2.60. The fourth-order valence-corrected chi connectivity index (χ4v) is 3.02. The highest BCUT2D eigenvalue weighted by Crippen LogP contribution is 2.32. The highest BCUT2D eigenvalue weighted by atomic mass is 16.5. The predicted molar refractivity (Wildman–Crippen MR) is 86.1 cm³/mol. The van der Waals surface area contributed by atoms with E-state index in [2.05, 4.69) is 16.8 Å². The first-order valence-corrected chi connectivity index (χ1v) is 7.64. The minimum absolute atomic E-state index is 0.00372. The molecule has 0 spiro atoms. The molecule has 1 aliphatic rings. The lowest BCUT2D eigenvalue weighted by atomic mass is 10.0. The van der Waals surface area contributed by atoms with Gasteiger partial charge in [-0.1, -0.05) is 12.1 Å². The largest absolute Gasteiger partial charge is 0.496 e. The monoisotopic (exact) mass is 316 g/mol. The van der Waals surface area contributed by atoms with E-state index in [1.807, 2.05) is 18.2 Å². The molecule has 2 heterocycles. The molecule has 1 aromatic carbocycles. The highest BCUT2D eigenvalue weighted by Gasteiger charge is 2.22. The lowest BCUT2D eigenvalue weighted by Crippen LogP contribution is -2.38. The van der Waals surface area contributed by atoms with Gasteiger partial charge in [0.25, 0.3) is 0 Å². The molecule has 6 heteroatoms. The Balaban J connectivity index is 2.12. The third-order valence-electron chi connectivity index (χ3n) is 4.32. The number of methoxy groups -OCH3 is 1. The Labute approximate surface area is 134 Å². The maximum Gasteiger partial charge on any atom is 0.354 e. The molecule has 23 heavy (non-hydrogen) atoms. The number of carbonyl (C=O) groups is 1. The lowest BCUT2D eigenvalue weighted by molar-refractivity contribution is 0.0201. The standard InChI is InChI=1S/C17H20N2O4/c1-11(19-6-8-23-9-7-19)12-4-3-5-13-15(22-2)10-14(17(20)21)18-16(12)13/h3-5,10-11H,6-9H2,1-2H3,(H,20,21)/t11-/m0/s1. The van der Waals surface area contributed by atoms with Crippen LogP contribution in [0.15, 0.2) is 24.3 Å². The van der Waals surface area contributed by atoms with Crippen molar-refractivity contribution < 1.29 is 19.4 Å². The minimum atomic E-state index is -1.06. The predicted octanol–water partition coefficient (Wildman–Crippen LogP) is 2.33. The van der Waals surface area contributed by atoms with Crippen molar-refractivity contribution in [3.8, 4) is 5.75 Å². The van der Waals surface area contributed by atoms with Gasteiger partial charge < -0.3 is 14.6 Å². The molecule has 0 aliphatic carbocycles. The summed E-state index contributed by atoms with van der Waals surface area (Å²) in [5, 5.41) is 10.1. The van der Waals surface area contributed by atoms with Gasteiger partial charge in [0.15, 0.2) is 5.69 Å². The summed E-state index contributed by atoms with van der Waals surface area (Å²) in [4.78, 5) is 18.0. The molecule has 1 atom stereocenters. The second-order valence-electron chi connectivity index (χ2n) is 5.58. The normalized spacial score (nSPS) is 17.1. The summed E-state index contributed by atoms with van der Waals surface area (Å²) in [6.45, 7) is 5.25. The Kier molecular flexibility index (Phi) is 4.45. The van der Waals surface area contributed by atoms with Gasteiger partial charge in [0.05, 0.1) is 25.8 Å². The van der Waals surface area contributed by atoms with E-state index in [1.165, 1.54) is 6.07 Å². The Morgan fingerprint density at radius 3 is 2.78 bits per heavy atom. The zero-order valence-electron chi connectivity index (χ0n) is 13.3. The van der Waals surface area contributed by atoms with E-state index in [0.717, 1.165) is 24.0 Å². The maximum absolute atomic E-state index is 11.4. The van der Waals surface area contributed by atoms with Crippen molar-refractivity contribution in [2.75, 3.05) is 33.4 Å². The van der Waals surface area contributed by atoms with Gasteiger partial charge >= 0.3 is 5.97 Å². The third kappa shape index (κ3) is 3.00. The molecule has 0 unspecified atom stereocenters. The van der Waals surface area contributed by atoms with Gasteiger partial charge in [-0.15, -0.1) is 0 Å². The SMILES string of the molecule is COc1cc(C(=O)O)nc2c([C@H](C)N3CCOCC3)cccc12. The number of para-hydroxylation sites is 1. The van der Waals surface area contributed by atoms with Crippen LogP contribution in [0.1, 0.15) is 29.0 Å². The number of rotatable bonds is 4. The molecule has 1 fully saturated rings. The summed E-state index contributed by atoms with van der Waals surface area (Å²) in [5.74, 6) is -0.526. The van der Waals surface area contributed by atoms with E-state index >= 15 is 0 Å². The van der Waals surface area contributed by atoms with Crippen molar-refractivity contribution in [2.45, 2.75) is 13.0 Å². The van der Waals surface area contributed by atoms with Crippen LogP contribution in [0, 0.1) is 0 Å². The van der Waals surface area contributed by atoms with E-state index in [4.69, 9.17) is 9.47 Å². The van der Waals surface area contributed by atoms with Crippen LogP contribution >= 0.6 is 0 Å². The van der Waals surface area contributed by atoms with Gasteiger partial charge in [0, 0.05) is 30.6 Å². The smallest absolute Gasteiger partial charge is 0.354 e. The highest BCUT2D eigenvalue weighted by molar-refractivity contribution is 5.94. The summed E-state index contributed by atoms with van der Waals surface area (Å²) >= 11 is 0. The molecule has 1 aliphatic heterocycles. The van der Waals surface area contributed by atoms with Gasteiger partial charge in [-0.2, -0.15) is 0 Å². The van der Waals surface area contributed by atoms with Gasteiger partial charge in [-0.25, -0.2) is 9.78 Å². The minimum Gasteiger partial charge on any atom is -0.496 e. The Morgan fingerprint density at radius 2 is 2.13 bits per heavy atom. The molecule has 0 radical (unpaired) electrons. The van der Waals surface area contributed by atoms with Crippen molar-refractivity contribution in [1.29, 1.82) is 0 Å². The first-order valence-electron chi connectivity index (χ1n) is 7.64. The van der Waals surface area contributed by atoms with Crippen molar-refractivity contribution in [3.63, 3.8) is 0 Å². The van der Waals surface area contributed by atoms with Gasteiger partial charge in [0.1, 0.15) is 5.75 Å². The Hall–Kier alpha value is -2.18. The van der Waals surface area contributed by atoms with Crippen LogP contribution in [0.3, 0.4) is 0 Å². The molecular weight excluding hydrogens is 296 g/mol. The van der Waals surface area contributed by atoms with Crippen LogP contribution in [0.4, 0.5) is 0 Å². The molecule has 0 amide bonds. The molecule has 2 aromatic rings. The van der Waals surface area contributed by atoms with E-state index in [1.54, 1.807) is 7.11 Å². The van der Waals surface area contributed by atoms with E-state index in [-0.39, 0.29) is 11.7 Å². The number of pyridine rings is 1. The number of ether oxygens (including phenoxy) is 2. The number of fused-ring (bicyclic) bond motifs is 1. The van der Waals surface area contributed by atoms with Crippen molar-refractivity contribution in [2.24, 2.45) is 0 Å². The molecule has 122 valence electrons. The zero-order valence-corrected chi connectivity index (χ0v) is 13.3. The van der Waals surface area contributed by atoms with Gasteiger partial charge in [-0.05, 0) is 18.6 Å². The van der Waals surface area contributed by atoms with E-state index in [0.29, 0.717) is 24.5 Å². The molecule has 0 saturated carbocycles. The number of hydrogen-bond acceptors (Lipinski definition) is 5. The Morgan fingerprint density at radius 1 is 1.39 bits per heavy atom. The number of aromatic nitrogens is 1. The number of hydrogen-bond donors (Lipinski definition) is 1. The molecule has 3 rings (SSSR count). The topological polar surface area (TPSA) is 71.9 Å². The number of aromatic carboxylic acids is 1. The zero-order chi connectivity index (χ0) is 16.4. The van der Waals surface area contributed by atoms with Crippen LogP contribution < -0.4 is 4.74 Å². The van der Waals surface area contributed by atoms with Gasteiger partial charge in [0.2, 0.25) is 0 Å². The summed E-state index contributed by atoms with van der Waals surface area (Å²) in [6, 6.07) is 7.46. The molecule has 6 nitrogen and oxygen atoms in total. The molecule has 0 bridgehead atoms. The lowest BCUT2D eigenvalue weighted by Gasteiger charge is -2.32. The van der Waals surface area contributed by atoms with Crippen LogP contribution in [0.2, 0.25) is 0 Å². The van der Waals surface area contributed by atoms with Crippen LogP contribution in [0.25, 0.3) is 10.9 Å². The van der Waals surface area contributed by atoms with Crippen LogP contribution in [-0.2, 0) is 4.74 Å². The maximum atomic E-state index is 11.4. The Bertz CT molecular complexity index is 726. The molecule has 1 aromatic heterocycles. The van der Waals surface area contributed by atoms with Crippen LogP contribution in [0.5, 0.6) is 5.75 Å². The first kappa shape index (κ1) is 15.7. The number of morpholine rings is 1. The summed E-state index contributed by atoms with van der Waals surface area (Å²) in [6.07, 6.45) is 0. The van der Waals surface area contributed by atoms with Crippen molar-refractivity contribution >= 4 is 16.9 Å². The second kappa shape index (κ2) is 6.52. The van der Waals surface area contributed by atoms with E-state index in [9.17, 15) is 9.90 Å². The van der Waals surface area contributed by atoms with E-state index < -0.39 is 5.97 Å². The molecular formula is C17H20N2O4. The molecule has 1 N–H and O–H groups in total. The average molecular weight is 316 g/mol. The fourth-order valence-electron chi connectivity index (χ4n) is 3.02. The number of carboxylic acids is 1. The second-order valence-corrected chi connectivity index (χ2v) is 5.58. The first-order chi connectivity index (χ1) is 11.1. The number of benzene rings is 1. The quantitative estimate of drug-likeness (QED) is 0.933. The molecule has 1 saturated heterocycles. The van der Waals surface area contributed by atoms with Gasteiger partial charge in [-0.3, -0.25) is 4.90 Å². The van der Waals surface area contributed by atoms with Crippen LogP contribution in [-0.4, -0.2) is 54.4 Å². The fraction of sp³-hybridized carbons (Fsp3) is 0.412. The summed E-state index contributed by atoms with van der Waals surface area (Å²) in [7, 11) is 1.54.